The summed E-state index contributed by atoms with van der Waals surface area (Å²) < 4.78 is 10.6. The molecule has 0 aliphatic carbocycles. The van der Waals surface area contributed by atoms with Crippen molar-refractivity contribution in [3.05, 3.63) is 47.0 Å². The van der Waals surface area contributed by atoms with Crippen LogP contribution in [-0.2, 0) is 0 Å². The van der Waals surface area contributed by atoms with Gasteiger partial charge in [-0.1, -0.05) is 13.8 Å². The van der Waals surface area contributed by atoms with Gasteiger partial charge in [0, 0.05) is 36.3 Å². The Labute approximate surface area is 192 Å². The molecule has 0 radical (unpaired) electrons. The Hall–Kier alpha value is -2.47. The van der Waals surface area contributed by atoms with Gasteiger partial charge in [-0.3, -0.25) is 15.0 Å². The zero-order chi connectivity index (χ0) is 23.1. The number of pyridine rings is 2. The molecule has 174 valence electrons. The van der Waals surface area contributed by atoms with E-state index in [4.69, 9.17) is 9.47 Å². The lowest BCUT2D eigenvalue weighted by Gasteiger charge is -2.28. The third-order valence-electron chi connectivity index (χ3n) is 6.41. The van der Waals surface area contributed by atoms with E-state index in [0.717, 1.165) is 53.9 Å². The van der Waals surface area contributed by atoms with E-state index in [1.807, 2.05) is 32.3 Å². The average molecular weight is 439 g/mol. The van der Waals surface area contributed by atoms with Crippen molar-refractivity contribution in [1.82, 2.24) is 15.3 Å². The first-order valence-electron chi connectivity index (χ1n) is 11.7. The molecule has 3 unspecified atom stereocenters. The second-order valence-electron chi connectivity index (χ2n) is 9.14. The van der Waals surface area contributed by atoms with Gasteiger partial charge < -0.3 is 14.8 Å². The number of hydrogen-bond acceptors (Lipinski definition) is 6. The summed E-state index contributed by atoms with van der Waals surface area (Å²) in [5, 5.41) is 3.56. The number of methoxy groups -OCH3 is 2. The zero-order valence-electron chi connectivity index (χ0n) is 20.4. The summed E-state index contributed by atoms with van der Waals surface area (Å²) >= 11 is 0. The number of nitrogens with zero attached hydrogens (tertiary/aromatic N) is 3. The molecule has 0 spiro atoms. The van der Waals surface area contributed by atoms with E-state index in [9.17, 15) is 0 Å². The van der Waals surface area contributed by atoms with Gasteiger partial charge in [0.25, 0.3) is 0 Å². The molecule has 0 amide bonds. The first kappa shape index (κ1) is 24.2. The van der Waals surface area contributed by atoms with Gasteiger partial charge in [0.1, 0.15) is 11.5 Å². The molecule has 4 heterocycles. The van der Waals surface area contributed by atoms with Gasteiger partial charge >= 0.3 is 0 Å². The SMILES string of the molecule is COc1cc(C2=NCC(C)CC2)cnc1C.COc1cc(C2CCC(C)CN2)cnc1C. The van der Waals surface area contributed by atoms with Crippen LogP contribution in [0.2, 0.25) is 0 Å². The molecule has 2 aromatic heterocycles. The van der Waals surface area contributed by atoms with E-state index in [-0.39, 0.29) is 0 Å². The van der Waals surface area contributed by atoms with Gasteiger partial charge in [0.2, 0.25) is 0 Å². The Kier molecular flexibility index (Phi) is 8.62. The highest BCUT2D eigenvalue weighted by Crippen LogP contribution is 2.28. The van der Waals surface area contributed by atoms with Crippen molar-refractivity contribution in [2.45, 2.75) is 59.4 Å². The number of piperidine rings is 1. The highest BCUT2D eigenvalue weighted by atomic mass is 16.5. The third kappa shape index (κ3) is 6.28. The molecule has 6 heteroatoms. The van der Waals surface area contributed by atoms with Crippen molar-refractivity contribution in [2.75, 3.05) is 27.3 Å². The van der Waals surface area contributed by atoms with Crippen LogP contribution >= 0.6 is 0 Å². The molecule has 1 N–H and O–H groups in total. The van der Waals surface area contributed by atoms with Crippen molar-refractivity contribution < 1.29 is 9.47 Å². The Bertz CT molecular complexity index is 920. The van der Waals surface area contributed by atoms with Crippen molar-refractivity contribution >= 4 is 5.71 Å². The number of rotatable bonds is 4. The third-order valence-corrected chi connectivity index (χ3v) is 6.41. The predicted octanol–water partition coefficient (Wildman–Crippen LogP) is 5.08. The summed E-state index contributed by atoms with van der Waals surface area (Å²) in [5.74, 6) is 3.23. The minimum Gasteiger partial charge on any atom is -0.495 e. The van der Waals surface area contributed by atoms with Crippen LogP contribution in [0.5, 0.6) is 11.5 Å². The average Bonchev–Trinajstić information content (AvgIpc) is 2.81. The van der Waals surface area contributed by atoms with Gasteiger partial charge in [-0.25, -0.2) is 0 Å². The van der Waals surface area contributed by atoms with Crippen LogP contribution in [-0.4, -0.2) is 43.0 Å². The molecule has 1 saturated heterocycles. The normalized spacial score (nSPS) is 22.9. The van der Waals surface area contributed by atoms with E-state index in [0.29, 0.717) is 12.0 Å². The molecule has 32 heavy (non-hydrogen) atoms. The first-order chi connectivity index (χ1) is 15.4. The lowest BCUT2D eigenvalue weighted by molar-refractivity contribution is 0.331. The molecule has 4 rings (SSSR count). The smallest absolute Gasteiger partial charge is 0.140 e. The van der Waals surface area contributed by atoms with Crippen LogP contribution in [0.4, 0.5) is 0 Å². The van der Waals surface area contributed by atoms with E-state index < -0.39 is 0 Å². The Morgan fingerprint density at radius 1 is 0.875 bits per heavy atom. The quantitative estimate of drug-likeness (QED) is 0.721. The minimum absolute atomic E-state index is 0.443. The molecule has 0 bridgehead atoms. The van der Waals surface area contributed by atoms with Crippen LogP contribution in [0.25, 0.3) is 0 Å². The maximum absolute atomic E-state index is 5.31. The Morgan fingerprint density at radius 3 is 2.16 bits per heavy atom. The topological polar surface area (TPSA) is 68.6 Å². The van der Waals surface area contributed by atoms with Gasteiger partial charge in [-0.15, -0.1) is 0 Å². The van der Waals surface area contributed by atoms with E-state index in [1.165, 1.54) is 30.5 Å². The molecule has 2 aliphatic rings. The van der Waals surface area contributed by atoms with Gasteiger partial charge in [0.05, 0.1) is 25.6 Å². The summed E-state index contributed by atoms with van der Waals surface area (Å²) in [6, 6.07) is 4.59. The maximum atomic E-state index is 5.31. The largest absolute Gasteiger partial charge is 0.495 e. The summed E-state index contributed by atoms with van der Waals surface area (Å²) in [6.45, 7) is 10.5. The fraction of sp³-hybridized carbons (Fsp3) is 0.577. The van der Waals surface area contributed by atoms with E-state index in [1.54, 1.807) is 14.2 Å². The molecule has 2 aromatic rings. The number of aryl methyl sites for hydroxylation is 2. The maximum Gasteiger partial charge on any atom is 0.140 e. The fourth-order valence-electron chi connectivity index (χ4n) is 4.14. The van der Waals surface area contributed by atoms with Crippen molar-refractivity contribution in [2.24, 2.45) is 16.8 Å². The van der Waals surface area contributed by atoms with Crippen LogP contribution in [0.3, 0.4) is 0 Å². The zero-order valence-corrected chi connectivity index (χ0v) is 20.4. The molecule has 1 fully saturated rings. The second-order valence-corrected chi connectivity index (χ2v) is 9.14. The molecular formula is C26H38N4O2. The van der Waals surface area contributed by atoms with Crippen molar-refractivity contribution in [1.29, 1.82) is 0 Å². The fourth-order valence-corrected chi connectivity index (χ4v) is 4.14. The number of aliphatic imine (C=N–C) groups is 1. The lowest BCUT2D eigenvalue weighted by Crippen LogP contribution is -2.31. The molecular weight excluding hydrogens is 400 g/mol. The summed E-state index contributed by atoms with van der Waals surface area (Å²) in [6.07, 6.45) is 8.60. The van der Waals surface area contributed by atoms with Gasteiger partial charge in [-0.2, -0.15) is 0 Å². The van der Waals surface area contributed by atoms with Crippen molar-refractivity contribution in [3.8, 4) is 11.5 Å². The predicted molar refractivity (Wildman–Crippen MR) is 130 cm³/mol. The van der Waals surface area contributed by atoms with Gasteiger partial charge in [-0.05, 0) is 75.6 Å². The minimum atomic E-state index is 0.443. The highest BCUT2D eigenvalue weighted by molar-refractivity contribution is 6.01. The Balaban J connectivity index is 0.000000181. The molecule has 3 atom stereocenters. The molecule has 2 aliphatic heterocycles. The van der Waals surface area contributed by atoms with Crippen LogP contribution < -0.4 is 14.8 Å². The van der Waals surface area contributed by atoms with Crippen LogP contribution in [0.1, 0.15) is 68.1 Å². The standard InChI is InChI=1S/C13H20N2O.C13H18N2O/c2*1-9-4-5-12(15-7-9)11-6-13(16-3)10(2)14-8-11/h6,8-9,12,15H,4-5,7H2,1-3H3;6,8-9H,4-5,7H2,1-3H3. The summed E-state index contributed by atoms with van der Waals surface area (Å²) in [7, 11) is 3.38. The molecule has 0 saturated carbocycles. The highest BCUT2D eigenvalue weighted by Gasteiger charge is 2.20. The molecule has 6 nitrogen and oxygen atoms in total. The van der Waals surface area contributed by atoms with Gasteiger partial charge in [0.15, 0.2) is 0 Å². The first-order valence-corrected chi connectivity index (χ1v) is 11.7. The summed E-state index contributed by atoms with van der Waals surface area (Å²) in [5.41, 5.74) is 5.40. The number of hydrogen-bond donors (Lipinski definition) is 1. The monoisotopic (exact) mass is 438 g/mol. The number of ether oxygens (including phenoxy) is 2. The van der Waals surface area contributed by atoms with E-state index in [2.05, 4.69) is 40.2 Å². The Morgan fingerprint density at radius 2 is 1.56 bits per heavy atom. The summed E-state index contributed by atoms with van der Waals surface area (Å²) in [4.78, 5) is 13.3. The number of nitrogens with one attached hydrogen (secondary N) is 1. The second kappa shape index (κ2) is 11.4. The van der Waals surface area contributed by atoms with Crippen molar-refractivity contribution in [3.63, 3.8) is 0 Å². The molecule has 0 aromatic carbocycles. The van der Waals surface area contributed by atoms with E-state index >= 15 is 0 Å². The lowest BCUT2D eigenvalue weighted by atomic mass is 9.93. The number of aromatic nitrogens is 2. The van der Waals surface area contributed by atoms with Crippen LogP contribution in [0.15, 0.2) is 29.5 Å². The van der Waals surface area contributed by atoms with Crippen LogP contribution in [0, 0.1) is 25.7 Å².